The summed E-state index contributed by atoms with van der Waals surface area (Å²) in [6.45, 7) is 0. The lowest BCUT2D eigenvalue weighted by molar-refractivity contribution is 0.608. The molecule has 2 aromatic rings. The van der Waals surface area contributed by atoms with Gasteiger partial charge in [-0.05, 0) is 24.0 Å². The third-order valence-corrected chi connectivity index (χ3v) is 3.28. The molecule has 0 N–H and O–H groups in total. The Morgan fingerprint density at radius 3 is 3.07 bits per heavy atom. The van der Waals surface area contributed by atoms with E-state index in [9.17, 15) is 0 Å². The Labute approximate surface area is 91.7 Å². The quantitative estimate of drug-likeness (QED) is 0.680. The minimum absolute atomic E-state index is 0.966. The molecule has 0 radical (unpaired) electrons. The molecule has 0 atom stereocenters. The average molecular weight is 215 g/mol. The van der Waals surface area contributed by atoms with Crippen LogP contribution < -0.4 is 0 Å². The zero-order valence-electron chi connectivity index (χ0n) is 8.23. The molecule has 3 heteroatoms. The summed E-state index contributed by atoms with van der Waals surface area (Å²) in [6.07, 6.45) is 9.48. The number of aliphatic imine (C=N–C) groups is 1. The number of nitrogens with zero attached hydrogens (tertiary/aromatic N) is 1. The fourth-order valence-corrected chi connectivity index (χ4v) is 2.36. The highest BCUT2D eigenvalue weighted by molar-refractivity contribution is 7.98. The number of hydrogen-bond acceptors (Lipinski definition) is 3. The molecule has 0 saturated carbocycles. The van der Waals surface area contributed by atoms with Crippen molar-refractivity contribution in [3.63, 3.8) is 0 Å². The Morgan fingerprint density at radius 1 is 1.27 bits per heavy atom. The molecule has 3 rings (SSSR count). The number of furan rings is 1. The van der Waals surface area contributed by atoms with Gasteiger partial charge in [0.05, 0.1) is 4.90 Å². The molecule has 0 fully saturated rings. The van der Waals surface area contributed by atoms with Gasteiger partial charge < -0.3 is 4.42 Å². The summed E-state index contributed by atoms with van der Waals surface area (Å²) in [6, 6.07) is 4.20. The summed E-state index contributed by atoms with van der Waals surface area (Å²) >= 11 is 1.70. The Kier molecular flexibility index (Phi) is 1.92. The Bertz CT molecular complexity index is 581. The van der Waals surface area contributed by atoms with Crippen LogP contribution in [0.25, 0.3) is 17.0 Å². The van der Waals surface area contributed by atoms with Crippen LogP contribution in [-0.2, 0) is 0 Å². The molecule has 0 bridgehead atoms. The van der Waals surface area contributed by atoms with E-state index in [2.05, 4.69) is 23.4 Å². The summed E-state index contributed by atoms with van der Waals surface area (Å²) in [5.74, 6) is 0. The van der Waals surface area contributed by atoms with E-state index in [-0.39, 0.29) is 0 Å². The summed E-state index contributed by atoms with van der Waals surface area (Å²) in [4.78, 5) is 5.34. The molecule has 15 heavy (non-hydrogen) atoms. The maximum absolute atomic E-state index is 5.59. The van der Waals surface area contributed by atoms with Gasteiger partial charge in [-0.15, -0.1) is 11.8 Å². The second kappa shape index (κ2) is 3.28. The first kappa shape index (κ1) is 8.80. The van der Waals surface area contributed by atoms with E-state index in [1.807, 2.05) is 18.5 Å². The summed E-state index contributed by atoms with van der Waals surface area (Å²) in [7, 11) is 0. The molecule has 2 heterocycles. The Morgan fingerprint density at radius 2 is 2.20 bits per heavy atom. The van der Waals surface area contributed by atoms with Crippen molar-refractivity contribution in [1.82, 2.24) is 0 Å². The van der Waals surface area contributed by atoms with Crippen LogP contribution in [-0.4, -0.2) is 12.5 Å². The normalized spacial score (nSPS) is 13.4. The molecule has 0 aliphatic carbocycles. The fourth-order valence-electron chi connectivity index (χ4n) is 1.82. The van der Waals surface area contributed by atoms with E-state index in [0.29, 0.717) is 0 Å². The second-order valence-corrected chi connectivity index (χ2v) is 4.19. The van der Waals surface area contributed by atoms with Crippen LogP contribution in [0.1, 0.15) is 11.1 Å². The molecular weight excluding hydrogens is 206 g/mol. The third kappa shape index (κ3) is 1.23. The van der Waals surface area contributed by atoms with Gasteiger partial charge >= 0.3 is 0 Å². The SMILES string of the molecule is CSc1ccc2c3c(coc13)C=NC=C2. The van der Waals surface area contributed by atoms with Crippen molar-refractivity contribution in [3.8, 4) is 0 Å². The largest absolute Gasteiger partial charge is 0.462 e. The van der Waals surface area contributed by atoms with Crippen molar-refractivity contribution in [3.05, 3.63) is 35.7 Å². The van der Waals surface area contributed by atoms with Crippen molar-refractivity contribution in [2.75, 3.05) is 6.26 Å². The van der Waals surface area contributed by atoms with Crippen LogP contribution in [0.3, 0.4) is 0 Å². The van der Waals surface area contributed by atoms with Crippen molar-refractivity contribution in [2.45, 2.75) is 4.90 Å². The van der Waals surface area contributed by atoms with Gasteiger partial charge in [0.25, 0.3) is 0 Å². The Hall–Kier alpha value is -1.48. The van der Waals surface area contributed by atoms with Crippen molar-refractivity contribution in [2.24, 2.45) is 4.99 Å². The minimum Gasteiger partial charge on any atom is -0.462 e. The molecule has 1 aromatic heterocycles. The highest BCUT2D eigenvalue weighted by atomic mass is 32.2. The Balaban J connectivity index is 2.47. The highest BCUT2D eigenvalue weighted by Crippen LogP contribution is 2.33. The predicted molar refractivity (Wildman–Crippen MR) is 64.6 cm³/mol. The van der Waals surface area contributed by atoms with Gasteiger partial charge in [-0.2, -0.15) is 0 Å². The van der Waals surface area contributed by atoms with Gasteiger partial charge in [-0.1, -0.05) is 6.07 Å². The predicted octanol–water partition coefficient (Wildman–Crippen LogP) is 3.56. The molecule has 0 saturated heterocycles. The lowest BCUT2D eigenvalue weighted by Crippen LogP contribution is -1.80. The first-order valence-electron chi connectivity index (χ1n) is 4.68. The van der Waals surface area contributed by atoms with Crippen molar-refractivity contribution >= 4 is 35.0 Å². The number of thioether (sulfide) groups is 1. The van der Waals surface area contributed by atoms with Crippen LogP contribution >= 0.6 is 11.8 Å². The highest BCUT2D eigenvalue weighted by Gasteiger charge is 2.12. The second-order valence-electron chi connectivity index (χ2n) is 3.35. The number of benzene rings is 1. The molecule has 0 amide bonds. The maximum atomic E-state index is 5.59. The first-order chi connectivity index (χ1) is 7.40. The molecule has 1 aromatic carbocycles. The van der Waals surface area contributed by atoms with Crippen molar-refractivity contribution in [1.29, 1.82) is 0 Å². The summed E-state index contributed by atoms with van der Waals surface area (Å²) < 4.78 is 5.59. The number of hydrogen-bond donors (Lipinski definition) is 0. The van der Waals surface area contributed by atoms with Gasteiger partial charge in [0.15, 0.2) is 0 Å². The van der Waals surface area contributed by atoms with Crippen LogP contribution in [0, 0.1) is 0 Å². The van der Waals surface area contributed by atoms with Crippen LogP contribution in [0.2, 0.25) is 0 Å². The molecule has 1 aliphatic rings. The summed E-state index contributed by atoms with van der Waals surface area (Å²) in [5.41, 5.74) is 3.19. The average Bonchev–Trinajstić information content (AvgIpc) is 2.57. The van der Waals surface area contributed by atoms with Gasteiger partial charge in [-0.3, -0.25) is 4.99 Å². The van der Waals surface area contributed by atoms with Crippen LogP contribution in [0.15, 0.2) is 38.9 Å². The zero-order chi connectivity index (χ0) is 10.3. The van der Waals surface area contributed by atoms with Gasteiger partial charge in [0.2, 0.25) is 0 Å². The molecule has 0 spiro atoms. The topological polar surface area (TPSA) is 25.5 Å². The molecule has 0 unspecified atom stereocenters. The van der Waals surface area contributed by atoms with E-state index < -0.39 is 0 Å². The third-order valence-electron chi connectivity index (χ3n) is 2.52. The van der Waals surface area contributed by atoms with Gasteiger partial charge in [-0.25, -0.2) is 0 Å². The lowest BCUT2D eigenvalue weighted by atomic mass is 10.1. The van der Waals surface area contributed by atoms with Crippen LogP contribution in [0.4, 0.5) is 0 Å². The van der Waals surface area contributed by atoms with Gasteiger partial charge in [0, 0.05) is 23.4 Å². The lowest BCUT2D eigenvalue weighted by Gasteiger charge is -2.00. The van der Waals surface area contributed by atoms with Crippen molar-refractivity contribution < 1.29 is 4.42 Å². The molecule has 74 valence electrons. The van der Waals surface area contributed by atoms with E-state index >= 15 is 0 Å². The van der Waals surface area contributed by atoms with Gasteiger partial charge in [0.1, 0.15) is 11.8 Å². The van der Waals surface area contributed by atoms with E-state index in [4.69, 9.17) is 4.42 Å². The number of rotatable bonds is 1. The molecule has 1 aliphatic heterocycles. The first-order valence-corrected chi connectivity index (χ1v) is 5.90. The molecular formula is C12H9NOS. The standard InChI is InChI=1S/C12H9NOS/c1-15-10-3-2-8-4-5-13-6-9-7-14-12(10)11(8)9/h2-7H,1H3. The van der Waals surface area contributed by atoms with E-state index in [0.717, 1.165) is 11.1 Å². The molecule has 2 nitrogen and oxygen atoms in total. The van der Waals surface area contributed by atoms with E-state index in [1.54, 1.807) is 18.0 Å². The minimum atomic E-state index is 0.966. The van der Waals surface area contributed by atoms with Crippen LogP contribution in [0.5, 0.6) is 0 Å². The maximum Gasteiger partial charge on any atom is 0.148 e. The smallest absolute Gasteiger partial charge is 0.148 e. The summed E-state index contributed by atoms with van der Waals surface area (Å²) in [5, 5.41) is 1.17. The zero-order valence-corrected chi connectivity index (χ0v) is 9.04. The monoisotopic (exact) mass is 215 g/mol. The fraction of sp³-hybridized carbons (Fsp3) is 0.0833. The van der Waals surface area contributed by atoms with E-state index in [1.165, 1.54) is 15.8 Å².